The normalized spacial score (nSPS) is 22.9. The molecule has 4 atom stereocenters. The van der Waals surface area contributed by atoms with Gasteiger partial charge in [0.25, 0.3) is 0 Å². The molecular formula is C33H38O5. The Bertz CT molecular complexity index is 1100. The Labute approximate surface area is 226 Å². The van der Waals surface area contributed by atoms with Crippen LogP contribution in [0.25, 0.3) is 0 Å². The van der Waals surface area contributed by atoms with Crippen LogP contribution in [0.4, 0.5) is 0 Å². The second kappa shape index (κ2) is 15.2. The van der Waals surface area contributed by atoms with Crippen molar-refractivity contribution in [1.29, 1.82) is 0 Å². The molecule has 0 aliphatic carbocycles. The SMILES string of the molecule is CCC[C@H]1OC(=O)[C@H](OCc2ccccc2)CC/C=C/[C@H](OCc2ccccc2)[C@@H]1OCc1ccccc1. The first kappa shape index (κ1) is 27.8. The minimum atomic E-state index is -0.643. The molecule has 3 aromatic carbocycles. The Morgan fingerprint density at radius 1 is 0.737 bits per heavy atom. The van der Waals surface area contributed by atoms with Crippen LogP contribution < -0.4 is 0 Å². The average Bonchev–Trinajstić information content (AvgIpc) is 2.96. The standard InChI is InChI=1S/C33H38O5/c1-2-14-30-32(37-25-28-19-10-5-11-20-28)29(35-23-26-15-6-3-7-16-26)21-12-13-22-31(33(34)38-30)36-24-27-17-8-4-9-18-27/h3-12,15-21,29-32H,2,13-14,22-25H2,1H3/b21-12+/t29-,30+,31+,32-/m0/s1. The van der Waals surface area contributed by atoms with Gasteiger partial charge in [0.1, 0.15) is 18.3 Å². The van der Waals surface area contributed by atoms with Crippen molar-refractivity contribution >= 4 is 5.97 Å². The summed E-state index contributed by atoms with van der Waals surface area (Å²) in [6, 6.07) is 30.0. The van der Waals surface area contributed by atoms with Crippen molar-refractivity contribution in [2.75, 3.05) is 0 Å². The molecule has 0 bridgehead atoms. The van der Waals surface area contributed by atoms with Gasteiger partial charge in [0.15, 0.2) is 6.10 Å². The number of rotatable bonds is 11. The monoisotopic (exact) mass is 514 g/mol. The van der Waals surface area contributed by atoms with E-state index in [0.29, 0.717) is 39.1 Å². The van der Waals surface area contributed by atoms with Gasteiger partial charge in [0.05, 0.1) is 19.8 Å². The minimum Gasteiger partial charge on any atom is -0.458 e. The molecule has 5 heteroatoms. The van der Waals surface area contributed by atoms with Crippen molar-refractivity contribution in [3.63, 3.8) is 0 Å². The fourth-order valence-corrected chi connectivity index (χ4v) is 4.53. The molecule has 0 N–H and O–H groups in total. The van der Waals surface area contributed by atoms with E-state index in [0.717, 1.165) is 23.1 Å². The summed E-state index contributed by atoms with van der Waals surface area (Å²) in [6.45, 7) is 3.28. The molecule has 0 amide bonds. The summed E-state index contributed by atoms with van der Waals surface area (Å²) in [5, 5.41) is 0. The molecule has 0 aromatic heterocycles. The van der Waals surface area contributed by atoms with E-state index < -0.39 is 18.3 Å². The maximum absolute atomic E-state index is 13.4. The molecule has 38 heavy (non-hydrogen) atoms. The van der Waals surface area contributed by atoms with Crippen molar-refractivity contribution in [3.8, 4) is 0 Å². The average molecular weight is 515 g/mol. The number of hydrogen-bond donors (Lipinski definition) is 0. The number of cyclic esters (lactones) is 1. The highest BCUT2D eigenvalue weighted by Crippen LogP contribution is 2.24. The molecule has 1 aliphatic heterocycles. The quantitative estimate of drug-likeness (QED) is 0.208. The van der Waals surface area contributed by atoms with Crippen LogP contribution in [0.15, 0.2) is 103 Å². The fraction of sp³-hybridized carbons (Fsp3) is 0.364. The first-order valence-corrected chi connectivity index (χ1v) is 13.6. The van der Waals surface area contributed by atoms with Crippen molar-refractivity contribution < 1.29 is 23.7 Å². The molecule has 3 aromatic rings. The lowest BCUT2D eigenvalue weighted by Gasteiger charge is -2.33. The third kappa shape index (κ3) is 8.66. The van der Waals surface area contributed by atoms with Gasteiger partial charge in [0, 0.05) is 0 Å². The van der Waals surface area contributed by atoms with E-state index in [2.05, 4.69) is 19.1 Å². The fourth-order valence-electron chi connectivity index (χ4n) is 4.53. The highest BCUT2D eigenvalue weighted by atomic mass is 16.6. The molecule has 5 nitrogen and oxygen atoms in total. The lowest BCUT2D eigenvalue weighted by Crippen LogP contribution is -2.45. The van der Waals surface area contributed by atoms with E-state index in [1.807, 2.05) is 91.0 Å². The van der Waals surface area contributed by atoms with Crippen molar-refractivity contribution in [2.45, 2.75) is 76.8 Å². The number of benzene rings is 3. The van der Waals surface area contributed by atoms with Gasteiger partial charge in [-0.2, -0.15) is 0 Å². The molecule has 0 unspecified atom stereocenters. The van der Waals surface area contributed by atoms with Crippen molar-refractivity contribution in [2.24, 2.45) is 0 Å². The van der Waals surface area contributed by atoms with Crippen LogP contribution in [0.1, 0.15) is 49.3 Å². The Hall–Kier alpha value is -3.25. The maximum Gasteiger partial charge on any atom is 0.335 e. The van der Waals surface area contributed by atoms with Crippen LogP contribution in [-0.2, 0) is 43.6 Å². The summed E-state index contributed by atoms with van der Waals surface area (Å²) in [5.74, 6) is -0.343. The molecule has 0 fully saturated rings. The van der Waals surface area contributed by atoms with Gasteiger partial charge in [-0.15, -0.1) is 0 Å². The summed E-state index contributed by atoms with van der Waals surface area (Å²) in [6.07, 6.45) is 4.91. The van der Waals surface area contributed by atoms with Gasteiger partial charge >= 0.3 is 5.97 Å². The van der Waals surface area contributed by atoms with E-state index in [1.54, 1.807) is 0 Å². The number of esters is 1. The van der Waals surface area contributed by atoms with Crippen LogP contribution >= 0.6 is 0 Å². The molecule has 0 saturated carbocycles. The second-order valence-corrected chi connectivity index (χ2v) is 9.58. The highest BCUT2D eigenvalue weighted by Gasteiger charge is 2.35. The van der Waals surface area contributed by atoms with Gasteiger partial charge in [-0.3, -0.25) is 0 Å². The van der Waals surface area contributed by atoms with E-state index in [-0.39, 0.29) is 12.1 Å². The molecular weight excluding hydrogens is 476 g/mol. The van der Waals surface area contributed by atoms with Gasteiger partial charge in [-0.25, -0.2) is 4.79 Å². The molecule has 0 saturated heterocycles. The third-order valence-electron chi connectivity index (χ3n) is 6.58. The largest absolute Gasteiger partial charge is 0.458 e. The molecule has 4 rings (SSSR count). The molecule has 1 aliphatic rings. The molecule has 1 heterocycles. The lowest BCUT2D eigenvalue weighted by molar-refractivity contribution is -0.181. The number of allylic oxidation sites excluding steroid dienone is 1. The van der Waals surface area contributed by atoms with E-state index in [1.165, 1.54) is 0 Å². The van der Waals surface area contributed by atoms with E-state index in [9.17, 15) is 4.79 Å². The molecule has 0 spiro atoms. The summed E-state index contributed by atoms with van der Waals surface area (Å²) >= 11 is 0. The van der Waals surface area contributed by atoms with Gasteiger partial charge in [0.2, 0.25) is 0 Å². The van der Waals surface area contributed by atoms with Crippen molar-refractivity contribution in [3.05, 3.63) is 120 Å². The van der Waals surface area contributed by atoms with Crippen LogP contribution in [-0.4, -0.2) is 30.4 Å². The zero-order chi connectivity index (χ0) is 26.4. The predicted molar refractivity (Wildman–Crippen MR) is 148 cm³/mol. The summed E-state index contributed by atoms with van der Waals surface area (Å²) in [7, 11) is 0. The summed E-state index contributed by atoms with van der Waals surface area (Å²) < 4.78 is 25.1. The van der Waals surface area contributed by atoms with E-state index in [4.69, 9.17) is 18.9 Å². The summed E-state index contributed by atoms with van der Waals surface area (Å²) in [4.78, 5) is 13.4. The lowest BCUT2D eigenvalue weighted by atomic mass is 10.0. The van der Waals surface area contributed by atoms with E-state index >= 15 is 0 Å². The minimum absolute atomic E-state index is 0.343. The Morgan fingerprint density at radius 3 is 1.82 bits per heavy atom. The van der Waals surface area contributed by atoms with Crippen LogP contribution in [0.2, 0.25) is 0 Å². The second-order valence-electron chi connectivity index (χ2n) is 9.58. The predicted octanol–water partition coefficient (Wildman–Crippen LogP) is 6.80. The Morgan fingerprint density at radius 2 is 1.26 bits per heavy atom. The Kier molecular flexibility index (Phi) is 11.1. The first-order chi connectivity index (χ1) is 18.7. The Balaban J connectivity index is 1.54. The topological polar surface area (TPSA) is 54.0 Å². The maximum atomic E-state index is 13.4. The number of ether oxygens (including phenoxy) is 4. The zero-order valence-electron chi connectivity index (χ0n) is 22.1. The van der Waals surface area contributed by atoms with Gasteiger partial charge in [-0.1, -0.05) is 116 Å². The van der Waals surface area contributed by atoms with Crippen LogP contribution in [0.3, 0.4) is 0 Å². The first-order valence-electron chi connectivity index (χ1n) is 13.6. The van der Waals surface area contributed by atoms with Gasteiger partial charge < -0.3 is 18.9 Å². The summed E-state index contributed by atoms with van der Waals surface area (Å²) in [5.41, 5.74) is 3.16. The zero-order valence-corrected chi connectivity index (χ0v) is 22.1. The van der Waals surface area contributed by atoms with Crippen molar-refractivity contribution in [1.82, 2.24) is 0 Å². The molecule has 0 radical (unpaired) electrons. The highest BCUT2D eigenvalue weighted by molar-refractivity contribution is 5.75. The smallest absolute Gasteiger partial charge is 0.335 e. The number of hydrogen-bond acceptors (Lipinski definition) is 5. The number of carbonyl (C=O) groups is 1. The van der Waals surface area contributed by atoms with Crippen LogP contribution in [0.5, 0.6) is 0 Å². The molecule has 200 valence electrons. The third-order valence-corrected chi connectivity index (χ3v) is 6.58. The number of carbonyl (C=O) groups excluding carboxylic acids is 1. The van der Waals surface area contributed by atoms with Gasteiger partial charge in [-0.05, 0) is 36.0 Å². The van der Waals surface area contributed by atoms with Crippen LogP contribution in [0, 0.1) is 0 Å².